The Kier molecular flexibility index (Phi) is 4.04. The van der Waals surface area contributed by atoms with Gasteiger partial charge in [0.05, 0.1) is 0 Å². The van der Waals surface area contributed by atoms with E-state index in [0.717, 1.165) is 6.54 Å². The van der Waals surface area contributed by atoms with Gasteiger partial charge in [0.1, 0.15) is 0 Å². The highest BCUT2D eigenvalue weighted by Gasteiger charge is 2.24. The molecule has 1 nitrogen and oxygen atoms in total. The normalized spacial score (nSPS) is 20.6. The Labute approximate surface area is 103 Å². The molecule has 1 aliphatic carbocycles. The summed E-state index contributed by atoms with van der Waals surface area (Å²) < 4.78 is 0. The molecule has 0 saturated heterocycles. The topological polar surface area (TPSA) is 12.0 Å². The summed E-state index contributed by atoms with van der Waals surface area (Å²) in [6, 6.07) is 4.48. The van der Waals surface area contributed by atoms with E-state index in [1.54, 1.807) is 0 Å². The lowest BCUT2D eigenvalue weighted by atomic mass is 9.92. The number of hydrogen-bond donors (Lipinski definition) is 1. The van der Waals surface area contributed by atoms with E-state index < -0.39 is 0 Å². The summed E-state index contributed by atoms with van der Waals surface area (Å²) >= 11 is 1.92. The van der Waals surface area contributed by atoms with E-state index in [1.165, 1.54) is 48.3 Å². The third-order valence-corrected chi connectivity index (χ3v) is 4.69. The van der Waals surface area contributed by atoms with E-state index >= 15 is 0 Å². The summed E-state index contributed by atoms with van der Waals surface area (Å²) in [6.45, 7) is 5.63. The number of thiophene rings is 1. The lowest BCUT2D eigenvalue weighted by Crippen LogP contribution is -2.41. The van der Waals surface area contributed by atoms with Crippen molar-refractivity contribution >= 4 is 11.3 Å². The van der Waals surface area contributed by atoms with Gasteiger partial charge < -0.3 is 5.32 Å². The quantitative estimate of drug-likeness (QED) is 0.775. The van der Waals surface area contributed by atoms with Gasteiger partial charge in [-0.15, -0.1) is 11.3 Å². The Bertz CT molecular complexity index is 321. The Balaban J connectivity index is 1.87. The number of nitrogens with one attached hydrogen (secondary N) is 1. The lowest BCUT2D eigenvalue weighted by Gasteiger charge is -2.29. The summed E-state index contributed by atoms with van der Waals surface area (Å²) in [5.74, 6) is 0. The average Bonchev–Trinajstić information content (AvgIpc) is 2.54. The smallest absolute Gasteiger partial charge is 0.0304 e. The van der Waals surface area contributed by atoms with Crippen molar-refractivity contribution in [1.29, 1.82) is 0 Å². The molecule has 1 aliphatic rings. The Morgan fingerprint density at radius 3 is 2.44 bits per heavy atom. The molecule has 1 N–H and O–H groups in total. The van der Waals surface area contributed by atoms with Crippen LogP contribution in [0.15, 0.2) is 12.1 Å². The van der Waals surface area contributed by atoms with Crippen LogP contribution in [0.2, 0.25) is 0 Å². The molecule has 1 fully saturated rings. The zero-order valence-electron chi connectivity index (χ0n) is 10.5. The summed E-state index contributed by atoms with van der Waals surface area (Å²) in [5.41, 5.74) is 0.383. The molecule has 0 aliphatic heterocycles. The third kappa shape index (κ3) is 3.33. The summed E-state index contributed by atoms with van der Waals surface area (Å²) in [5, 5.41) is 3.78. The molecule has 1 saturated carbocycles. The molecule has 0 spiro atoms. The van der Waals surface area contributed by atoms with Crippen molar-refractivity contribution < 1.29 is 0 Å². The second kappa shape index (κ2) is 5.33. The van der Waals surface area contributed by atoms with Gasteiger partial charge in [-0.05, 0) is 38.8 Å². The molecular weight excluding hydrogens is 214 g/mol. The molecule has 0 aromatic carbocycles. The molecule has 1 aromatic rings. The van der Waals surface area contributed by atoms with E-state index in [4.69, 9.17) is 0 Å². The molecule has 2 rings (SSSR count). The molecule has 1 heterocycles. The zero-order valence-corrected chi connectivity index (χ0v) is 11.3. The van der Waals surface area contributed by atoms with Crippen LogP contribution in [-0.2, 0) is 6.54 Å². The van der Waals surface area contributed by atoms with Crippen LogP contribution in [0.25, 0.3) is 0 Å². The fourth-order valence-electron chi connectivity index (χ4n) is 2.57. The molecule has 0 atom stereocenters. The Morgan fingerprint density at radius 1 is 1.19 bits per heavy atom. The Morgan fingerprint density at radius 2 is 1.88 bits per heavy atom. The van der Waals surface area contributed by atoms with Crippen molar-refractivity contribution in [1.82, 2.24) is 5.32 Å². The van der Waals surface area contributed by atoms with E-state index in [2.05, 4.69) is 31.3 Å². The first-order valence-corrected chi connectivity index (χ1v) is 7.30. The zero-order chi connectivity index (χ0) is 11.4. The lowest BCUT2D eigenvalue weighted by molar-refractivity contribution is 0.312. The largest absolute Gasteiger partial charge is 0.307 e. The highest BCUT2D eigenvalue weighted by Crippen LogP contribution is 2.27. The highest BCUT2D eigenvalue weighted by atomic mass is 32.1. The van der Waals surface area contributed by atoms with Crippen LogP contribution in [-0.4, -0.2) is 5.54 Å². The van der Waals surface area contributed by atoms with Gasteiger partial charge in [-0.3, -0.25) is 0 Å². The van der Waals surface area contributed by atoms with Gasteiger partial charge in [-0.25, -0.2) is 0 Å². The van der Waals surface area contributed by atoms with Gasteiger partial charge in [-0.1, -0.05) is 25.7 Å². The van der Waals surface area contributed by atoms with E-state index in [9.17, 15) is 0 Å². The molecule has 90 valence electrons. The fourth-order valence-corrected chi connectivity index (χ4v) is 3.40. The van der Waals surface area contributed by atoms with Gasteiger partial charge in [0.15, 0.2) is 0 Å². The van der Waals surface area contributed by atoms with Crippen LogP contribution in [0.4, 0.5) is 0 Å². The van der Waals surface area contributed by atoms with Gasteiger partial charge in [0.25, 0.3) is 0 Å². The fraction of sp³-hybridized carbons (Fsp3) is 0.714. The second-order valence-electron chi connectivity index (χ2n) is 5.34. The SMILES string of the molecule is Cc1ccc(CNC2(C)CCCCCC2)s1. The van der Waals surface area contributed by atoms with E-state index in [0.29, 0.717) is 5.54 Å². The van der Waals surface area contributed by atoms with Crippen LogP contribution in [0.1, 0.15) is 55.2 Å². The number of hydrogen-bond acceptors (Lipinski definition) is 2. The first-order chi connectivity index (χ1) is 7.68. The molecule has 0 bridgehead atoms. The van der Waals surface area contributed by atoms with Gasteiger partial charge in [0, 0.05) is 21.8 Å². The minimum absolute atomic E-state index is 0.383. The van der Waals surface area contributed by atoms with Crippen molar-refractivity contribution in [3.05, 3.63) is 21.9 Å². The minimum Gasteiger partial charge on any atom is -0.307 e. The first kappa shape index (κ1) is 12.1. The summed E-state index contributed by atoms with van der Waals surface area (Å²) in [7, 11) is 0. The van der Waals surface area contributed by atoms with Crippen molar-refractivity contribution in [3.63, 3.8) is 0 Å². The maximum Gasteiger partial charge on any atom is 0.0304 e. The van der Waals surface area contributed by atoms with Crippen LogP contribution < -0.4 is 5.32 Å². The molecule has 0 radical (unpaired) electrons. The predicted molar refractivity (Wildman–Crippen MR) is 72.0 cm³/mol. The molecular formula is C14H23NS. The van der Waals surface area contributed by atoms with Crippen LogP contribution in [0.3, 0.4) is 0 Å². The monoisotopic (exact) mass is 237 g/mol. The van der Waals surface area contributed by atoms with Gasteiger partial charge in [0.2, 0.25) is 0 Å². The second-order valence-corrected chi connectivity index (χ2v) is 6.71. The van der Waals surface area contributed by atoms with Crippen molar-refractivity contribution in [2.75, 3.05) is 0 Å². The van der Waals surface area contributed by atoms with Gasteiger partial charge in [-0.2, -0.15) is 0 Å². The summed E-state index contributed by atoms with van der Waals surface area (Å²) in [6.07, 6.45) is 8.33. The summed E-state index contributed by atoms with van der Waals surface area (Å²) in [4.78, 5) is 2.89. The average molecular weight is 237 g/mol. The minimum atomic E-state index is 0.383. The van der Waals surface area contributed by atoms with Crippen LogP contribution >= 0.6 is 11.3 Å². The molecule has 0 amide bonds. The van der Waals surface area contributed by atoms with Crippen LogP contribution in [0.5, 0.6) is 0 Å². The molecule has 16 heavy (non-hydrogen) atoms. The molecule has 2 heteroatoms. The van der Waals surface area contributed by atoms with E-state index in [1.807, 2.05) is 11.3 Å². The maximum atomic E-state index is 3.78. The predicted octanol–water partition coefficient (Wildman–Crippen LogP) is 4.26. The first-order valence-electron chi connectivity index (χ1n) is 6.48. The third-order valence-electron chi connectivity index (χ3n) is 3.69. The van der Waals surface area contributed by atoms with Crippen molar-refractivity contribution in [2.24, 2.45) is 0 Å². The highest BCUT2D eigenvalue weighted by molar-refractivity contribution is 7.11. The van der Waals surface area contributed by atoms with E-state index in [-0.39, 0.29) is 0 Å². The Hall–Kier alpha value is -0.340. The van der Waals surface area contributed by atoms with Crippen molar-refractivity contribution in [3.8, 4) is 0 Å². The molecule has 0 unspecified atom stereocenters. The number of aryl methyl sites for hydroxylation is 1. The standard InChI is InChI=1S/C14H23NS/c1-12-7-8-13(16-12)11-15-14(2)9-5-3-4-6-10-14/h7-8,15H,3-6,9-11H2,1-2H3. The number of rotatable bonds is 3. The van der Waals surface area contributed by atoms with Gasteiger partial charge >= 0.3 is 0 Å². The van der Waals surface area contributed by atoms with Crippen LogP contribution in [0, 0.1) is 6.92 Å². The maximum absolute atomic E-state index is 3.78. The van der Waals surface area contributed by atoms with Crippen molar-refractivity contribution in [2.45, 2.75) is 64.5 Å². The molecule has 1 aromatic heterocycles.